The Morgan fingerprint density at radius 1 is 1.31 bits per heavy atom. The summed E-state index contributed by atoms with van der Waals surface area (Å²) in [5.41, 5.74) is 0.997. The Kier molecular flexibility index (Phi) is 2.10. The van der Waals surface area contributed by atoms with E-state index >= 15 is 0 Å². The van der Waals surface area contributed by atoms with E-state index in [-0.39, 0.29) is 5.60 Å². The van der Waals surface area contributed by atoms with Crippen LogP contribution in [-0.2, 0) is 0 Å². The molecule has 0 saturated heterocycles. The van der Waals surface area contributed by atoms with Crippen LogP contribution in [0.3, 0.4) is 0 Å². The first-order chi connectivity index (χ1) is 6.07. The second-order valence-electron chi connectivity index (χ2n) is 3.72. The van der Waals surface area contributed by atoms with Gasteiger partial charge in [0.2, 0.25) is 0 Å². The summed E-state index contributed by atoms with van der Waals surface area (Å²) in [5.74, 6) is 0.986. The number of ether oxygens (including phenoxy) is 1. The van der Waals surface area contributed by atoms with E-state index in [9.17, 15) is 0 Å². The first-order valence-corrected chi connectivity index (χ1v) is 5.32. The van der Waals surface area contributed by atoms with Gasteiger partial charge in [0.15, 0.2) is 0 Å². The molecule has 0 radical (unpaired) electrons. The zero-order valence-corrected chi connectivity index (χ0v) is 9.83. The Morgan fingerprint density at radius 2 is 2.08 bits per heavy atom. The van der Waals surface area contributed by atoms with Crippen molar-refractivity contribution in [1.29, 1.82) is 0 Å². The van der Waals surface area contributed by atoms with E-state index in [4.69, 9.17) is 4.74 Å². The van der Waals surface area contributed by atoms with Crippen molar-refractivity contribution in [3.63, 3.8) is 0 Å². The number of hydrogen-bond acceptors (Lipinski definition) is 1. The maximum absolute atomic E-state index is 5.81. The topological polar surface area (TPSA) is 9.23 Å². The van der Waals surface area contributed by atoms with Crippen molar-refractivity contribution >= 4 is 28.7 Å². The van der Waals surface area contributed by atoms with E-state index in [2.05, 4.69) is 66.8 Å². The highest BCUT2D eigenvalue weighted by Crippen LogP contribution is 2.31. The minimum atomic E-state index is -0.169. The number of hydrogen-bond donors (Lipinski definition) is 0. The van der Waals surface area contributed by atoms with Gasteiger partial charge in [-0.15, -0.1) is 0 Å². The van der Waals surface area contributed by atoms with Crippen LogP contribution in [0.4, 0.5) is 0 Å². The van der Waals surface area contributed by atoms with Crippen LogP contribution in [-0.4, -0.2) is 5.60 Å². The first-order valence-electron chi connectivity index (χ1n) is 4.25. The van der Waals surface area contributed by atoms with E-state index in [0.29, 0.717) is 0 Å². The molecule has 2 rings (SSSR count). The summed E-state index contributed by atoms with van der Waals surface area (Å²) in [5, 5.41) is 0. The standard InChI is InChI=1S/C11H11IO/c1-11(2)6-5-8-3-4-9(12)7-10(8)13-11/h3-7H,1-2H3. The lowest BCUT2D eigenvalue weighted by atomic mass is 10.0. The normalized spacial score (nSPS) is 17.8. The fourth-order valence-electron chi connectivity index (χ4n) is 1.34. The smallest absolute Gasteiger partial charge is 0.128 e. The molecule has 0 unspecified atom stereocenters. The molecule has 1 nitrogen and oxygen atoms in total. The van der Waals surface area contributed by atoms with Crippen LogP contribution in [0.25, 0.3) is 6.08 Å². The van der Waals surface area contributed by atoms with E-state index in [0.717, 1.165) is 5.75 Å². The molecule has 68 valence electrons. The maximum Gasteiger partial charge on any atom is 0.128 e. The average molecular weight is 286 g/mol. The quantitative estimate of drug-likeness (QED) is 0.663. The average Bonchev–Trinajstić information content (AvgIpc) is 2.01. The van der Waals surface area contributed by atoms with Gasteiger partial charge in [-0.1, -0.05) is 12.1 Å². The molecule has 0 bridgehead atoms. The van der Waals surface area contributed by atoms with Gasteiger partial charge in [-0.05, 0) is 54.6 Å². The van der Waals surface area contributed by atoms with Crippen molar-refractivity contribution in [2.75, 3.05) is 0 Å². The van der Waals surface area contributed by atoms with Gasteiger partial charge in [0, 0.05) is 9.13 Å². The third-order valence-corrected chi connectivity index (χ3v) is 2.68. The lowest BCUT2D eigenvalue weighted by molar-refractivity contribution is 0.159. The van der Waals surface area contributed by atoms with Gasteiger partial charge < -0.3 is 4.74 Å². The van der Waals surface area contributed by atoms with Gasteiger partial charge in [-0.25, -0.2) is 0 Å². The largest absolute Gasteiger partial charge is 0.483 e. The molecule has 1 aliphatic heterocycles. The van der Waals surface area contributed by atoms with Gasteiger partial charge in [0.25, 0.3) is 0 Å². The van der Waals surface area contributed by atoms with E-state index in [1.54, 1.807) is 0 Å². The molecule has 0 aromatic heterocycles. The molecule has 0 N–H and O–H groups in total. The van der Waals surface area contributed by atoms with Crippen LogP contribution in [0.15, 0.2) is 24.3 Å². The third kappa shape index (κ3) is 1.88. The zero-order chi connectivity index (χ0) is 9.47. The minimum absolute atomic E-state index is 0.169. The van der Waals surface area contributed by atoms with Gasteiger partial charge >= 0.3 is 0 Å². The molecule has 1 aliphatic rings. The highest BCUT2D eigenvalue weighted by atomic mass is 127. The van der Waals surface area contributed by atoms with Crippen LogP contribution in [0.2, 0.25) is 0 Å². The third-order valence-electron chi connectivity index (χ3n) is 2.01. The van der Waals surface area contributed by atoms with Gasteiger partial charge in [-0.2, -0.15) is 0 Å². The van der Waals surface area contributed by atoms with Crippen molar-refractivity contribution in [2.45, 2.75) is 19.4 Å². The molecular weight excluding hydrogens is 275 g/mol. The number of fused-ring (bicyclic) bond motifs is 1. The zero-order valence-electron chi connectivity index (χ0n) is 7.67. The Bertz CT molecular complexity index is 366. The SMILES string of the molecule is CC1(C)C=Cc2ccc(I)cc2O1. The minimum Gasteiger partial charge on any atom is -0.483 e. The van der Waals surface area contributed by atoms with E-state index in [1.165, 1.54) is 9.13 Å². The molecule has 1 aromatic carbocycles. The van der Waals surface area contributed by atoms with Gasteiger partial charge in [-0.3, -0.25) is 0 Å². The second-order valence-corrected chi connectivity index (χ2v) is 4.97. The molecule has 0 spiro atoms. The molecule has 13 heavy (non-hydrogen) atoms. The summed E-state index contributed by atoms with van der Waals surface area (Å²) in [7, 11) is 0. The fourth-order valence-corrected chi connectivity index (χ4v) is 1.80. The summed E-state index contributed by atoms with van der Waals surface area (Å²) in [4.78, 5) is 0. The van der Waals surface area contributed by atoms with Crippen molar-refractivity contribution < 1.29 is 4.74 Å². The summed E-state index contributed by atoms with van der Waals surface area (Å²) >= 11 is 2.29. The lowest BCUT2D eigenvalue weighted by Gasteiger charge is -2.27. The van der Waals surface area contributed by atoms with Crippen LogP contribution < -0.4 is 4.74 Å². The van der Waals surface area contributed by atoms with Crippen LogP contribution in [0, 0.1) is 3.57 Å². The summed E-state index contributed by atoms with van der Waals surface area (Å²) in [6, 6.07) is 6.25. The monoisotopic (exact) mass is 286 g/mol. The number of rotatable bonds is 0. The number of halogens is 1. The fraction of sp³-hybridized carbons (Fsp3) is 0.273. The summed E-state index contributed by atoms with van der Waals surface area (Å²) < 4.78 is 7.02. The Morgan fingerprint density at radius 3 is 2.85 bits per heavy atom. The predicted molar refractivity (Wildman–Crippen MR) is 62.9 cm³/mol. The van der Waals surface area contributed by atoms with Crippen LogP contribution in [0.1, 0.15) is 19.4 Å². The molecule has 0 aliphatic carbocycles. The molecule has 2 heteroatoms. The molecule has 1 heterocycles. The highest BCUT2D eigenvalue weighted by molar-refractivity contribution is 14.1. The van der Waals surface area contributed by atoms with Crippen molar-refractivity contribution in [3.8, 4) is 5.75 Å². The molecule has 0 fully saturated rings. The predicted octanol–water partition coefficient (Wildman–Crippen LogP) is 3.48. The highest BCUT2D eigenvalue weighted by Gasteiger charge is 2.21. The van der Waals surface area contributed by atoms with Gasteiger partial charge in [0.1, 0.15) is 11.4 Å². The molecule has 0 saturated carbocycles. The molecular formula is C11H11IO. The van der Waals surface area contributed by atoms with Crippen molar-refractivity contribution in [1.82, 2.24) is 0 Å². The molecule has 0 atom stereocenters. The Balaban J connectivity index is 2.48. The summed E-state index contributed by atoms with van der Waals surface area (Å²) in [6.45, 7) is 4.12. The molecule has 0 amide bonds. The Labute approximate surface area is 91.9 Å². The number of benzene rings is 1. The molecule has 1 aromatic rings. The maximum atomic E-state index is 5.81. The first kappa shape index (κ1) is 9.06. The van der Waals surface area contributed by atoms with Crippen LogP contribution in [0.5, 0.6) is 5.75 Å². The summed E-state index contributed by atoms with van der Waals surface area (Å²) in [6.07, 6.45) is 4.21. The lowest BCUT2D eigenvalue weighted by Crippen LogP contribution is -2.27. The Hall–Kier alpha value is -0.510. The van der Waals surface area contributed by atoms with E-state index in [1.807, 2.05) is 0 Å². The van der Waals surface area contributed by atoms with Gasteiger partial charge in [0.05, 0.1) is 0 Å². The van der Waals surface area contributed by atoms with Crippen LogP contribution >= 0.6 is 22.6 Å². The van der Waals surface area contributed by atoms with Crippen molar-refractivity contribution in [3.05, 3.63) is 33.4 Å². The van der Waals surface area contributed by atoms with Crippen molar-refractivity contribution in [2.24, 2.45) is 0 Å². The second kappa shape index (κ2) is 3.01. The van der Waals surface area contributed by atoms with E-state index < -0.39 is 0 Å².